The third-order valence-corrected chi connectivity index (χ3v) is 6.81. The molecule has 0 saturated heterocycles. The fourth-order valence-corrected chi connectivity index (χ4v) is 4.48. The van der Waals surface area contributed by atoms with Crippen molar-refractivity contribution < 1.29 is 20.1 Å². The SMILES string of the molecule is CC(C)(c1ccccc1)c1ccnc(-c2[c-]cccc2)c1.[Ir].[c-]1ccccc1-c1cc(-c2ccccc2)ccn1. The molecule has 1 radical (unpaired) electrons. The third-order valence-electron chi connectivity index (χ3n) is 6.81. The third kappa shape index (κ3) is 7.07. The zero-order valence-electron chi connectivity index (χ0n) is 22.6. The maximum Gasteiger partial charge on any atom is 0.0166 e. The molecular formula is C37H30IrN2-2. The average Bonchev–Trinajstić information content (AvgIpc) is 3.03. The second-order valence-corrected chi connectivity index (χ2v) is 9.77. The number of hydrogen-bond acceptors (Lipinski definition) is 2. The molecule has 2 heterocycles. The van der Waals surface area contributed by atoms with E-state index in [0.717, 1.165) is 22.5 Å². The first-order valence-corrected chi connectivity index (χ1v) is 13.1. The molecule has 4 aromatic carbocycles. The smallest absolute Gasteiger partial charge is 0.0166 e. The first-order valence-electron chi connectivity index (χ1n) is 13.1. The number of benzene rings is 4. The molecule has 0 fully saturated rings. The minimum atomic E-state index is -0.0479. The number of nitrogens with zero attached hydrogens (tertiary/aromatic N) is 2. The van der Waals surface area contributed by atoms with Gasteiger partial charge < -0.3 is 9.97 Å². The molecule has 0 aliphatic rings. The summed E-state index contributed by atoms with van der Waals surface area (Å²) >= 11 is 0. The van der Waals surface area contributed by atoms with Crippen LogP contribution in [0.1, 0.15) is 25.0 Å². The van der Waals surface area contributed by atoms with Crippen molar-refractivity contribution in [2.24, 2.45) is 0 Å². The van der Waals surface area contributed by atoms with Crippen LogP contribution in [0.2, 0.25) is 0 Å². The predicted molar refractivity (Wildman–Crippen MR) is 161 cm³/mol. The Hall–Kier alpha value is -4.17. The summed E-state index contributed by atoms with van der Waals surface area (Å²) in [7, 11) is 0. The largest absolute Gasteiger partial charge is 0.305 e. The van der Waals surface area contributed by atoms with E-state index in [-0.39, 0.29) is 25.5 Å². The Labute approximate surface area is 251 Å². The Morgan fingerprint density at radius 1 is 0.500 bits per heavy atom. The summed E-state index contributed by atoms with van der Waals surface area (Å²) < 4.78 is 0. The van der Waals surface area contributed by atoms with Gasteiger partial charge in [0, 0.05) is 37.9 Å². The number of rotatable bonds is 5. The van der Waals surface area contributed by atoms with E-state index in [9.17, 15) is 0 Å². The molecule has 0 aliphatic heterocycles. The molecule has 0 spiro atoms. The molecule has 6 rings (SSSR count). The maximum absolute atomic E-state index is 4.49. The van der Waals surface area contributed by atoms with Gasteiger partial charge in [-0.3, -0.25) is 0 Å². The van der Waals surface area contributed by atoms with E-state index in [1.807, 2.05) is 85.2 Å². The van der Waals surface area contributed by atoms with Crippen LogP contribution in [0.15, 0.2) is 146 Å². The molecule has 3 heteroatoms. The number of aromatic nitrogens is 2. The first-order chi connectivity index (χ1) is 19.1. The molecular weight excluding hydrogens is 665 g/mol. The first kappa shape index (κ1) is 28.8. The van der Waals surface area contributed by atoms with Crippen LogP contribution in [0.3, 0.4) is 0 Å². The van der Waals surface area contributed by atoms with E-state index in [1.165, 1.54) is 22.3 Å². The quantitative estimate of drug-likeness (QED) is 0.168. The Balaban J connectivity index is 0.000000182. The second kappa shape index (κ2) is 13.8. The summed E-state index contributed by atoms with van der Waals surface area (Å²) in [5.41, 5.74) is 8.88. The van der Waals surface area contributed by atoms with Gasteiger partial charge in [0.1, 0.15) is 0 Å². The normalized spacial score (nSPS) is 10.6. The van der Waals surface area contributed by atoms with Crippen LogP contribution in [0, 0.1) is 12.1 Å². The van der Waals surface area contributed by atoms with Crippen LogP contribution in [0.4, 0.5) is 0 Å². The number of hydrogen-bond donors (Lipinski definition) is 0. The molecule has 199 valence electrons. The average molecular weight is 695 g/mol. The molecule has 2 nitrogen and oxygen atoms in total. The molecule has 0 amide bonds. The van der Waals surface area contributed by atoms with Gasteiger partial charge >= 0.3 is 0 Å². The Kier molecular flexibility index (Phi) is 9.91. The van der Waals surface area contributed by atoms with Crippen LogP contribution in [-0.2, 0) is 25.5 Å². The van der Waals surface area contributed by atoms with Crippen LogP contribution in [0.25, 0.3) is 33.6 Å². The minimum Gasteiger partial charge on any atom is -0.305 e. The zero-order valence-corrected chi connectivity index (χ0v) is 25.0. The van der Waals surface area contributed by atoms with E-state index in [0.29, 0.717) is 0 Å². The van der Waals surface area contributed by atoms with Crippen LogP contribution in [0.5, 0.6) is 0 Å². The van der Waals surface area contributed by atoms with Crippen molar-refractivity contribution in [3.8, 4) is 33.6 Å². The van der Waals surface area contributed by atoms with Gasteiger partial charge in [0.2, 0.25) is 0 Å². The van der Waals surface area contributed by atoms with Gasteiger partial charge in [-0.25, -0.2) is 0 Å². The molecule has 2 aromatic heterocycles. The van der Waals surface area contributed by atoms with E-state index < -0.39 is 0 Å². The van der Waals surface area contributed by atoms with E-state index in [1.54, 1.807) is 0 Å². The zero-order chi connectivity index (χ0) is 26.9. The van der Waals surface area contributed by atoms with Crippen molar-refractivity contribution in [2.45, 2.75) is 19.3 Å². The van der Waals surface area contributed by atoms with Crippen molar-refractivity contribution >= 4 is 0 Å². The summed E-state index contributed by atoms with van der Waals surface area (Å²) in [6.07, 6.45) is 3.73. The molecule has 0 aliphatic carbocycles. The minimum absolute atomic E-state index is 0. The molecule has 40 heavy (non-hydrogen) atoms. The number of pyridine rings is 2. The maximum atomic E-state index is 4.49. The van der Waals surface area contributed by atoms with E-state index >= 15 is 0 Å². The van der Waals surface area contributed by atoms with Crippen molar-refractivity contribution in [2.75, 3.05) is 0 Å². The summed E-state index contributed by atoms with van der Waals surface area (Å²) in [5, 5.41) is 0. The van der Waals surface area contributed by atoms with Gasteiger partial charge in [0.25, 0.3) is 0 Å². The molecule has 0 bridgehead atoms. The summed E-state index contributed by atoms with van der Waals surface area (Å²) in [4.78, 5) is 8.89. The molecule has 0 N–H and O–H groups in total. The Bertz CT molecular complexity index is 1550. The summed E-state index contributed by atoms with van der Waals surface area (Å²) in [6, 6.07) is 51.6. The topological polar surface area (TPSA) is 25.8 Å². The van der Waals surface area contributed by atoms with Gasteiger partial charge in [0.05, 0.1) is 0 Å². The van der Waals surface area contributed by atoms with E-state index in [2.05, 4.69) is 96.6 Å². The van der Waals surface area contributed by atoms with Crippen molar-refractivity contribution in [1.29, 1.82) is 0 Å². The molecule has 0 saturated carbocycles. The summed E-state index contributed by atoms with van der Waals surface area (Å²) in [5.74, 6) is 0. The van der Waals surface area contributed by atoms with Gasteiger partial charge in [-0.05, 0) is 45.8 Å². The Morgan fingerprint density at radius 3 is 1.60 bits per heavy atom. The fraction of sp³-hybridized carbons (Fsp3) is 0.0811. The van der Waals surface area contributed by atoms with Gasteiger partial charge in [-0.2, -0.15) is 0 Å². The predicted octanol–water partition coefficient (Wildman–Crippen LogP) is 9.09. The van der Waals surface area contributed by atoms with Crippen molar-refractivity contribution in [3.05, 3.63) is 169 Å². The van der Waals surface area contributed by atoms with Crippen molar-refractivity contribution in [1.82, 2.24) is 9.97 Å². The molecule has 6 aromatic rings. The van der Waals surface area contributed by atoms with Crippen LogP contribution < -0.4 is 0 Å². The summed E-state index contributed by atoms with van der Waals surface area (Å²) in [6.45, 7) is 4.49. The van der Waals surface area contributed by atoms with Gasteiger partial charge in [-0.1, -0.05) is 86.6 Å². The monoisotopic (exact) mass is 695 g/mol. The van der Waals surface area contributed by atoms with E-state index in [4.69, 9.17) is 0 Å². The van der Waals surface area contributed by atoms with Gasteiger partial charge in [0.15, 0.2) is 0 Å². The van der Waals surface area contributed by atoms with Crippen molar-refractivity contribution in [3.63, 3.8) is 0 Å². The standard InChI is InChI=1S/C20H18N.C17H12N.Ir/c1-20(2,17-11-7-4-8-12-17)18-13-14-21-19(15-18)16-9-5-3-6-10-16;1-3-7-14(8-4-1)16-11-12-18-17(13-16)15-9-5-2-6-10-15;/h3-9,11-15H,1-2H3;1-9,11-13H;/q2*-1;. The van der Waals surface area contributed by atoms with Crippen LogP contribution in [-0.4, -0.2) is 9.97 Å². The van der Waals surface area contributed by atoms with Gasteiger partial charge in [-0.15, -0.1) is 71.8 Å². The molecule has 0 atom stereocenters. The fourth-order valence-electron chi connectivity index (χ4n) is 4.48. The second-order valence-electron chi connectivity index (χ2n) is 9.77. The van der Waals surface area contributed by atoms with Crippen LogP contribution >= 0.6 is 0 Å². The molecule has 0 unspecified atom stereocenters. The Morgan fingerprint density at radius 2 is 1.02 bits per heavy atom.